The molecule has 2 aromatic rings. The first-order chi connectivity index (χ1) is 11.1. The van der Waals surface area contributed by atoms with Crippen molar-refractivity contribution in [2.24, 2.45) is 0 Å². The maximum absolute atomic E-state index is 12.3. The molecule has 0 bridgehead atoms. The molecule has 5 nitrogen and oxygen atoms in total. The van der Waals surface area contributed by atoms with E-state index in [1.165, 1.54) is 0 Å². The average Bonchev–Trinajstić information content (AvgIpc) is 2.55. The van der Waals surface area contributed by atoms with Crippen molar-refractivity contribution < 1.29 is 4.79 Å². The number of hydrogen-bond acceptors (Lipinski definition) is 4. The third-order valence-corrected chi connectivity index (χ3v) is 3.96. The van der Waals surface area contributed by atoms with Crippen molar-refractivity contribution in [3.63, 3.8) is 0 Å². The van der Waals surface area contributed by atoms with Gasteiger partial charge in [-0.05, 0) is 38.1 Å². The number of benzene rings is 1. The van der Waals surface area contributed by atoms with E-state index in [2.05, 4.69) is 26.6 Å². The van der Waals surface area contributed by atoms with Crippen molar-refractivity contribution in [1.29, 1.82) is 0 Å². The Kier molecular flexibility index (Phi) is 6.17. The number of nitrogens with one attached hydrogen (secondary N) is 2. The van der Waals surface area contributed by atoms with Crippen molar-refractivity contribution in [3.05, 3.63) is 53.2 Å². The van der Waals surface area contributed by atoms with Gasteiger partial charge in [0.15, 0.2) is 0 Å². The van der Waals surface area contributed by atoms with Crippen LogP contribution in [0.4, 0.5) is 11.5 Å². The molecule has 2 heterocycles. The number of aryl methyl sites for hydroxylation is 2. The predicted molar refractivity (Wildman–Crippen MR) is 100 cm³/mol. The third kappa shape index (κ3) is 4.46. The molecule has 1 amide bonds. The normalized spacial score (nSPS) is 14.0. The number of halogens is 1. The molecule has 2 N–H and O–H groups in total. The smallest absolute Gasteiger partial charge is 0.256 e. The maximum Gasteiger partial charge on any atom is 0.256 e. The van der Waals surface area contributed by atoms with E-state index < -0.39 is 0 Å². The largest absolute Gasteiger partial charge is 0.368 e. The highest BCUT2D eigenvalue weighted by Crippen LogP contribution is 2.16. The highest BCUT2D eigenvalue weighted by Gasteiger charge is 2.12. The maximum atomic E-state index is 12.3. The SMILES string of the molecule is Cc1cc(C)cc(C(=O)Nc2ccc(N3CCNCC3)cn2)c1.Cl. The molecule has 0 radical (unpaired) electrons. The first kappa shape index (κ1) is 18.2. The molecule has 0 saturated carbocycles. The van der Waals surface area contributed by atoms with Crippen LogP contribution in [0.25, 0.3) is 0 Å². The van der Waals surface area contributed by atoms with Gasteiger partial charge in [-0.25, -0.2) is 4.98 Å². The van der Waals surface area contributed by atoms with E-state index in [4.69, 9.17) is 0 Å². The van der Waals surface area contributed by atoms with E-state index >= 15 is 0 Å². The average molecular weight is 347 g/mol. The number of hydrogen-bond donors (Lipinski definition) is 2. The van der Waals surface area contributed by atoms with Gasteiger partial charge in [0.1, 0.15) is 5.82 Å². The van der Waals surface area contributed by atoms with E-state index in [0.717, 1.165) is 43.0 Å². The molecule has 6 heteroatoms. The number of piperazine rings is 1. The monoisotopic (exact) mass is 346 g/mol. The van der Waals surface area contributed by atoms with Gasteiger partial charge in [0.25, 0.3) is 5.91 Å². The van der Waals surface area contributed by atoms with E-state index in [9.17, 15) is 4.79 Å². The zero-order valence-electron chi connectivity index (χ0n) is 14.0. The lowest BCUT2D eigenvalue weighted by atomic mass is 10.1. The second-order valence-corrected chi connectivity index (χ2v) is 5.97. The zero-order chi connectivity index (χ0) is 16.2. The molecule has 1 aromatic heterocycles. The summed E-state index contributed by atoms with van der Waals surface area (Å²) >= 11 is 0. The Bertz CT molecular complexity index is 676. The molecule has 3 rings (SSSR count). The van der Waals surface area contributed by atoms with E-state index in [1.54, 1.807) is 0 Å². The lowest BCUT2D eigenvalue weighted by Crippen LogP contribution is -2.43. The Hall–Kier alpha value is -2.11. The molecular formula is C18H23ClN4O. The summed E-state index contributed by atoms with van der Waals surface area (Å²) in [5.41, 5.74) is 3.92. The molecule has 1 fully saturated rings. The number of amides is 1. The Morgan fingerprint density at radius 3 is 2.38 bits per heavy atom. The van der Waals surface area contributed by atoms with Crippen molar-refractivity contribution in [2.45, 2.75) is 13.8 Å². The van der Waals surface area contributed by atoms with Gasteiger partial charge in [-0.3, -0.25) is 4.79 Å². The molecule has 24 heavy (non-hydrogen) atoms. The summed E-state index contributed by atoms with van der Waals surface area (Å²) in [5.74, 6) is 0.451. The fourth-order valence-electron chi connectivity index (χ4n) is 2.86. The molecule has 1 aliphatic rings. The van der Waals surface area contributed by atoms with Crippen LogP contribution < -0.4 is 15.5 Å². The van der Waals surface area contributed by atoms with Gasteiger partial charge in [-0.2, -0.15) is 0 Å². The van der Waals surface area contributed by atoms with Crippen molar-refractivity contribution in [1.82, 2.24) is 10.3 Å². The Morgan fingerprint density at radius 1 is 1.12 bits per heavy atom. The summed E-state index contributed by atoms with van der Waals surface area (Å²) in [5, 5.41) is 6.19. The lowest BCUT2D eigenvalue weighted by Gasteiger charge is -2.29. The van der Waals surface area contributed by atoms with Crippen molar-refractivity contribution in [3.8, 4) is 0 Å². The topological polar surface area (TPSA) is 57.3 Å². The molecule has 0 unspecified atom stereocenters. The van der Waals surface area contributed by atoms with Crippen LogP contribution in [0.1, 0.15) is 21.5 Å². The third-order valence-electron chi connectivity index (χ3n) is 3.96. The predicted octanol–water partition coefficient (Wildman–Crippen LogP) is 2.78. The fourth-order valence-corrected chi connectivity index (χ4v) is 2.86. The number of aromatic nitrogens is 1. The Morgan fingerprint density at radius 2 is 1.79 bits per heavy atom. The summed E-state index contributed by atoms with van der Waals surface area (Å²) in [7, 11) is 0. The minimum Gasteiger partial charge on any atom is -0.368 e. The highest BCUT2D eigenvalue weighted by atomic mass is 35.5. The van der Waals surface area contributed by atoms with Gasteiger partial charge >= 0.3 is 0 Å². The molecule has 0 aliphatic carbocycles. The van der Waals surface area contributed by atoms with Gasteiger partial charge in [-0.1, -0.05) is 17.2 Å². The zero-order valence-corrected chi connectivity index (χ0v) is 14.8. The van der Waals surface area contributed by atoms with Crippen LogP contribution in [0.15, 0.2) is 36.5 Å². The Balaban J connectivity index is 0.00000208. The number of carbonyl (C=O) groups excluding carboxylic acids is 1. The molecule has 0 atom stereocenters. The second-order valence-electron chi connectivity index (χ2n) is 5.97. The van der Waals surface area contributed by atoms with Crippen LogP contribution in [0, 0.1) is 13.8 Å². The lowest BCUT2D eigenvalue weighted by molar-refractivity contribution is 0.102. The number of carbonyl (C=O) groups is 1. The number of nitrogens with zero attached hydrogens (tertiary/aromatic N) is 2. The van der Waals surface area contributed by atoms with Crippen LogP contribution in [-0.4, -0.2) is 37.1 Å². The fraction of sp³-hybridized carbons (Fsp3) is 0.333. The van der Waals surface area contributed by atoms with Crippen LogP contribution in [-0.2, 0) is 0 Å². The minimum absolute atomic E-state index is 0. The van der Waals surface area contributed by atoms with E-state index in [0.29, 0.717) is 11.4 Å². The summed E-state index contributed by atoms with van der Waals surface area (Å²) < 4.78 is 0. The van der Waals surface area contributed by atoms with Crippen LogP contribution in [0.3, 0.4) is 0 Å². The molecule has 0 spiro atoms. The quantitative estimate of drug-likeness (QED) is 0.897. The standard InChI is InChI=1S/C18H22N4O.ClH/c1-13-9-14(2)11-15(10-13)18(23)21-17-4-3-16(12-20-17)22-7-5-19-6-8-22;/h3-4,9-12,19H,5-8H2,1-2H3,(H,20,21,23);1H. The van der Waals surface area contributed by atoms with Gasteiger partial charge in [0.2, 0.25) is 0 Å². The van der Waals surface area contributed by atoms with E-state index in [-0.39, 0.29) is 18.3 Å². The van der Waals surface area contributed by atoms with Gasteiger partial charge in [0.05, 0.1) is 11.9 Å². The minimum atomic E-state index is -0.126. The first-order valence-electron chi connectivity index (χ1n) is 7.93. The first-order valence-corrected chi connectivity index (χ1v) is 7.93. The van der Waals surface area contributed by atoms with Crippen LogP contribution >= 0.6 is 12.4 Å². The number of anilines is 2. The van der Waals surface area contributed by atoms with Gasteiger partial charge in [0, 0.05) is 31.7 Å². The number of pyridine rings is 1. The van der Waals surface area contributed by atoms with Crippen LogP contribution in [0.2, 0.25) is 0 Å². The van der Waals surface area contributed by atoms with Crippen molar-refractivity contribution >= 4 is 29.8 Å². The molecule has 1 saturated heterocycles. The summed E-state index contributed by atoms with van der Waals surface area (Å²) in [6.07, 6.45) is 1.82. The summed E-state index contributed by atoms with van der Waals surface area (Å²) in [6, 6.07) is 9.69. The second kappa shape index (κ2) is 8.13. The van der Waals surface area contributed by atoms with Crippen molar-refractivity contribution in [2.75, 3.05) is 36.4 Å². The summed E-state index contributed by atoms with van der Waals surface area (Å²) in [4.78, 5) is 19.0. The molecule has 128 valence electrons. The molecule has 1 aliphatic heterocycles. The van der Waals surface area contributed by atoms with E-state index in [1.807, 2.05) is 44.3 Å². The Labute approximate surface area is 148 Å². The summed E-state index contributed by atoms with van der Waals surface area (Å²) in [6.45, 7) is 7.93. The number of rotatable bonds is 3. The van der Waals surface area contributed by atoms with Crippen LogP contribution in [0.5, 0.6) is 0 Å². The molecule has 1 aromatic carbocycles. The van der Waals surface area contributed by atoms with Gasteiger partial charge in [-0.15, -0.1) is 12.4 Å². The molecular weight excluding hydrogens is 324 g/mol. The van der Waals surface area contributed by atoms with Gasteiger partial charge < -0.3 is 15.5 Å². The highest BCUT2D eigenvalue weighted by molar-refractivity contribution is 6.04.